The summed E-state index contributed by atoms with van der Waals surface area (Å²) >= 11 is 5.96. The normalized spacial score (nSPS) is 15.5. The highest BCUT2D eigenvalue weighted by Crippen LogP contribution is 2.47. The molecule has 0 spiro atoms. The van der Waals surface area contributed by atoms with Crippen molar-refractivity contribution in [3.05, 3.63) is 28.8 Å². The van der Waals surface area contributed by atoms with Crippen LogP contribution in [0.3, 0.4) is 0 Å². The van der Waals surface area contributed by atoms with Crippen molar-refractivity contribution in [3.63, 3.8) is 0 Å². The van der Waals surface area contributed by atoms with Crippen LogP contribution in [0.5, 0.6) is 0 Å². The highest BCUT2D eigenvalue weighted by Gasteiger charge is 2.56. The molecule has 0 saturated heterocycles. The topological polar surface area (TPSA) is 61.4 Å². The van der Waals surface area contributed by atoms with Gasteiger partial charge in [-0.25, -0.2) is 0 Å². The van der Waals surface area contributed by atoms with Gasteiger partial charge in [0.1, 0.15) is 5.41 Å². The quantitative estimate of drug-likeness (QED) is 0.788. The molecule has 120 valence electrons. The molecule has 2 rings (SSSR count). The third-order valence-electron chi connectivity index (χ3n) is 3.91. The number of nitrogens with zero attached hydrogens (tertiary/aromatic N) is 1. The fourth-order valence-corrected chi connectivity index (χ4v) is 2.39. The van der Waals surface area contributed by atoms with Gasteiger partial charge in [0.2, 0.25) is 11.8 Å². The van der Waals surface area contributed by atoms with Crippen molar-refractivity contribution >= 4 is 29.1 Å². The number of likely N-dealkylation sites (N-methyl/N-ethyl adjacent to an activating group) is 1. The van der Waals surface area contributed by atoms with Gasteiger partial charge in [0.05, 0.1) is 0 Å². The molecular formula is C16H22ClN3O2. The fraction of sp³-hybridized carbons (Fsp3) is 0.500. The number of amides is 2. The minimum Gasteiger partial charge on any atom is -0.354 e. The van der Waals surface area contributed by atoms with E-state index < -0.39 is 5.41 Å². The molecule has 2 amide bonds. The molecule has 0 aromatic heterocycles. The molecule has 1 aromatic rings. The second kappa shape index (κ2) is 6.67. The van der Waals surface area contributed by atoms with Gasteiger partial charge in [-0.3, -0.25) is 9.59 Å². The summed E-state index contributed by atoms with van der Waals surface area (Å²) < 4.78 is 0. The first-order valence-corrected chi connectivity index (χ1v) is 7.73. The number of rotatable bonds is 6. The van der Waals surface area contributed by atoms with E-state index >= 15 is 0 Å². The van der Waals surface area contributed by atoms with E-state index in [0.717, 1.165) is 12.1 Å². The van der Waals surface area contributed by atoms with Crippen LogP contribution in [0.25, 0.3) is 0 Å². The van der Waals surface area contributed by atoms with Crippen molar-refractivity contribution in [3.8, 4) is 0 Å². The van der Waals surface area contributed by atoms with Gasteiger partial charge < -0.3 is 15.5 Å². The second-order valence-electron chi connectivity index (χ2n) is 6.05. The largest absolute Gasteiger partial charge is 0.354 e. The highest BCUT2D eigenvalue weighted by molar-refractivity contribution is 6.31. The lowest BCUT2D eigenvalue weighted by Gasteiger charge is -2.17. The zero-order chi connectivity index (χ0) is 16.3. The molecular weight excluding hydrogens is 302 g/mol. The summed E-state index contributed by atoms with van der Waals surface area (Å²) in [5.74, 6) is -0.438. The minimum absolute atomic E-state index is 0.188. The maximum Gasteiger partial charge on any atom is 0.240 e. The van der Waals surface area contributed by atoms with E-state index in [1.165, 1.54) is 0 Å². The Morgan fingerprint density at radius 1 is 1.27 bits per heavy atom. The first kappa shape index (κ1) is 16.8. The van der Waals surface area contributed by atoms with E-state index in [-0.39, 0.29) is 11.8 Å². The molecule has 22 heavy (non-hydrogen) atoms. The van der Waals surface area contributed by atoms with Crippen molar-refractivity contribution in [2.75, 3.05) is 32.5 Å². The van der Waals surface area contributed by atoms with Crippen LogP contribution in [-0.2, 0) is 9.59 Å². The standard InChI is InChI=1S/C16H22ClN3O2/c1-11-4-5-12(17)10-13(11)19-15(22)16(6-7-16)14(21)18-8-9-20(2)3/h4-5,10H,6-9H2,1-3H3,(H,18,21)(H,19,22). The van der Waals surface area contributed by atoms with Gasteiger partial charge in [-0.1, -0.05) is 17.7 Å². The summed E-state index contributed by atoms with van der Waals surface area (Å²) in [5, 5.41) is 6.24. The smallest absolute Gasteiger partial charge is 0.240 e. The van der Waals surface area contributed by atoms with Crippen molar-refractivity contribution in [2.24, 2.45) is 5.41 Å². The van der Waals surface area contributed by atoms with Gasteiger partial charge in [0, 0.05) is 23.8 Å². The van der Waals surface area contributed by atoms with E-state index in [9.17, 15) is 9.59 Å². The van der Waals surface area contributed by atoms with Gasteiger partial charge in [-0.15, -0.1) is 0 Å². The summed E-state index contributed by atoms with van der Waals surface area (Å²) in [6.45, 7) is 3.18. The lowest BCUT2D eigenvalue weighted by molar-refractivity contribution is -0.134. The maximum absolute atomic E-state index is 12.5. The van der Waals surface area contributed by atoms with Crippen LogP contribution in [0.15, 0.2) is 18.2 Å². The predicted molar refractivity (Wildman–Crippen MR) is 88.0 cm³/mol. The lowest BCUT2D eigenvalue weighted by Crippen LogP contribution is -2.42. The van der Waals surface area contributed by atoms with E-state index in [0.29, 0.717) is 30.1 Å². The van der Waals surface area contributed by atoms with Gasteiger partial charge in [0.15, 0.2) is 0 Å². The summed E-state index contributed by atoms with van der Waals surface area (Å²) in [6, 6.07) is 5.32. The predicted octanol–water partition coefficient (Wildman–Crippen LogP) is 2.04. The molecule has 0 atom stereocenters. The van der Waals surface area contributed by atoms with Crippen molar-refractivity contribution < 1.29 is 9.59 Å². The molecule has 0 unspecified atom stereocenters. The van der Waals surface area contributed by atoms with Crippen LogP contribution < -0.4 is 10.6 Å². The molecule has 5 nitrogen and oxygen atoms in total. The number of carbonyl (C=O) groups is 2. The SMILES string of the molecule is Cc1ccc(Cl)cc1NC(=O)C1(C(=O)NCCN(C)C)CC1. The van der Waals surface area contributed by atoms with Crippen LogP contribution in [0.4, 0.5) is 5.69 Å². The zero-order valence-electron chi connectivity index (χ0n) is 13.2. The number of aryl methyl sites for hydroxylation is 1. The number of halogens is 1. The Morgan fingerprint density at radius 3 is 2.55 bits per heavy atom. The first-order chi connectivity index (χ1) is 10.3. The number of benzene rings is 1. The molecule has 1 saturated carbocycles. The Kier molecular flexibility index (Phi) is 5.08. The number of anilines is 1. The van der Waals surface area contributed by atoms with Gasteiger partial charge in [-0.2, -0.15) is 0 Å². The van der Waals surface area contributed by atoms with Crippen molar-refractivity contribution in [1.82, 2.24) is 10.2 Å². The van der Waals surface area contributed by atoms with E-state index in [1.807, 2.05) is 32.0 Å². The molecule has 0 aliphatic heterocycles. The summed E-state index contributed by atoms with van der Waals surface area (Å²) in [7, 11) is 3.88. The zero-order valence-corrected chi connectivity index (χ0v) is 14.0. The Balaban J connectivity index is 1.99. The Labute approximate surface area is 136 Å². The maximum atomic E-state index is 12.5. The number of nitrogens with one attached hydrogen (secondary N) is 2. The van der Waals surface area contributed by atoms with Gasteiger partial charge >= 0.3 is 0 Å². The van der Waals surface area contributed by atoms with Gasteiger partial charge in [0.25, 0.3) is 0 Å². The van der Waals surface area contributed by atoms with Crippen molar-refractivity contribution in [1.29, 1.82) is 0 Å². The summed E-state index contributed by atoms with van der Waals surface area (Å²) in [6.07, 6.45) is 1.18. The number of hydrogen-bond donors (Lipinski definition) is 2. The summed E-state index contributed by atoms with van der Waals surface area (Å²) in [4.78, 5) is 26.7. The number of hydrogen-bond acceptors (Lipinski definition) is 3. The molecule has 1 aromatic carbocycles. The average Bonchev–Trinajstić information content (AvgIpc) is 3.24. The third kappa shape index (κ3) is 3.78. The van der Waals surface area contributed by atoms with Crippen LogP contribution in [0, 0.1) is 12.3 Å². The Morgan fingerprint density at radius 2 is 1.95 bits per heavy atom. The van der Waals surface area contributed by atoms with Crippen LogP contribution in [0.1, 0.15) is 18.4 Å². The minimum atomic E-state index is -0.916. The molecule has 0 heterocycles. The molecule has 1 fully saturated rings. The molecule has 1 aliphatic carbocycles. The highest BCUT2D eigenvalue weighted by atomic mass is 35.5. The van der Waals surface area contributed by atoms with Crippen LogP contribution in [-0.4, -0.2) is 43.9 Å². The van der Waals surface area contributed by atoms with Crippen LogP contribution >= 0.6 is 11.6 Å². The second-order valence-corrected chi connectivity index (χ2v) is 6.49. The number of carbonyl (C=O) groups excluding carboxylic acids is 2. The molecule has 2 N–H and O–H groups in total. The van der Waals surface area contributed by atoms with Gasteiger partial charge in [-0.05, 0) is 51.6 Å². The van der Waals surface area contributed by atoms with E-state index in [1.54, 1.807) is 12.1 Å². The third-order valence-corrected chi connectivity index (χ3v) is 4.15. The molecule has 0 radical (unpaired) electrons. The Hall–Kier alpha value is -1.59. The van der Waals surface area contributed by atoms with E-state index in [4.69, 9.17) is 11.6 Å². The monoisotopic (exact) mass is 323 g/mol. The first-order valence-electron chi connectivity index (χ1n) is 7.36. The fourth-order valence-electron chi connectivity index (χ4n) is 2.22. The molecule has 0 bridgehead atoms. The lowest BCUT2D eigenvalue weighted by atomic mass is 10.0. The Bertz CT molecular complexity index is 583. The van der Waals surface area contributed by atoms with Crippen LogP contribution in [0.2, 0.25) is 5.02 Å². The summed E-state index contributed by atoms with van der Waals surface area (Å²) in [5.41, 5.74) is 0.660. The van der Waals surface area contributed by atoms with Crippen molar-refractivity contribution in [2.45, 2.75) is 19.8 Å². The molecule has 6 heteroatoms. The average molecular weight is 324 g/mol. The van der Waals surface area contributed by atoms with E-state index in [2.05, 4.69) is 10.6 Å². The molecule has 1 aliphatic rings.